The Morgan fingerprint density at radius 1 is 0.923 bits per heavy atom. The number of phenolic OH excluding ortho intramolecular Hbond substituents is 1. The van der Waals surface area contributed by atoms with Crippen molar-refractivity contribution >= 4 is 16.5 Å². The third-order valence-corrected chi connectivity index (χ3v) is 5.82. The van der Waals surface area contributed by atoms with Crippen molar-refractivity contribution in [3.63, 3.8) is 0 Å². The quantitative estimate of drug-likeness (QED) is 0.707. The number of benzene rings is 3. The van der Waals surface area contributed by atoms with Crippen molar-refractivity contribution < 1.29 is 9.84 Å². The number of rotatable bonds is 1. The van der Waals surface area contributed by atoms with Crippen LogP contribution in [0.25, 0.3) is 21.9 Å². The Morgan fingerprint density at radius 3 is 2.54 bits per heavy atom. The molecule has 132 valence electrons. The van der Waals surface area contributed by atoms with Crippen molar-refractivity contribution in [1.82, 2.24) is 0 Å². The van der Waals surface area contributed by atoms with E-state index in [0.717, 1.165) is 44.5 Å². The maximum absolute atomic E-state index is 10.7. The van der Waals surface area contributed by atoms with Gasteiger partial charge in [0.1, 0.15) is 5.75 Å². The molecule has 2 aliphatic rings. The van der Waals surface area contributed by atoms with Gasteiger partial charge in [-0.15, -0.1) is 0 Å². The van der Waals surface area contributed by atoms with Crippen LogP contribution in [0.15, 0.2) is 42.5 Å². The predicted molar refractivity (Wildman–Crippen MR) is 106 cm³/mol. The second kappa shape index (κ2) is 6.03. The molecule has 1 aliphatic carbocycles. The van der Waals surface area contributed by atoms with Gasteiger partial charge in [-0.1, -0.05) is 24.3 Å². The molecule has 0 atom stereocenters. The maximum Gasteiger partial charge on any atom is 0.123 e. The summed E-state index contributed by atoms with van der Waals surface area (Å²) in [5.41, 5.74) is 7.75. The number of anilines is 1. The van der Waals surface area contributed by atoms with Crippen LogP contribution in [0.5, 0.6) is 5.75 Å². The highest BCUT2D eigenvalue weighted by Gasteiger charge is 2.22. The lowest BCUT2D eigenvalue weighted by Crippen LogP contribution is -2.36. The summed E-state index contributed by atoms with van der Waals surface area (Å²) in [6.45, 7) is 5.51. The van der Waals surface area contributed by atoms with E-state index in [0.29, 0.717) is 5.75 Å². The predicted octanol–water partition coefficient (Wildman–Crippen LogP) is 4.46. The van der Waals surface area contributed by atoms with Crippen LogP contribution in [0, 0.1) is 6.92 Å². The fourth-order valence-corrected chi connectivity index (χ4v) is 4.51. The number of phenols is 1. The van der Waals surface area contributed by atoms with Gasteiger partial charge < -0.3 is 14.7 Å². The van der Waals surface area contributed by atoms with Crippen LogP contribution in [0.1, 0.15) is 16.7 Å². The molecule has 3 heteroatoms. The molecule has 3 nitrogen and oxygen atoms in total. The van der Waals surface area contributed by atoms with Crippen molar-refractivity contribution in [3.8, 4) is 16.9 Å². The normalized spacial score (nSPS) is 16.4. The summed E-state index contributed by atoms with van der Waals surface area (Å²) in [6.07, 6.45) is 2.03. The van der Waals surface area contributed by atoms with Crippen LogP contribution in [0.2, 0.25) is 0 Å². The average Bonchev–Trinajstić information content (AvgIpc) is 2.68. The molecule has 0 unspecified atom stereocenters. The number of nitrogens with zero attached hydrogens (tertiary/aromatic N) is 1. The molecule has 26 heavy (non-hydrogen) atoms. The lowest BCUT2D eigenvalue weighted by molar-refractivity contribution is 0.122. The monoisotopic (exact) mass is 345 g/mol. The minimum absolute atomic E-state index is 0.396. The van der Waals surface area contributed by atoms with Crippen LogP contribution in [0.3, 0.4) is 0 Å². The Kier molecular flexibility index (Phi) is 3.64. The number of ether oxygens (including phenoxy) is 1. The first-order valence-corrected chi connectivity index (χ1v) is 9.42. The van der Waals surface area contributed by atoms with Crippen LogP contribution in [0.4, 0.5) is 5.69 Å². The highest BCUT2D eigenvalue weighted by molar-refractivity contribution is 6.04. The van der Waals surface area contributed by atoms with Crippen LogP contribution >= 0.6 is 0 Å². The molecule has 5 rings (SSSR count). The Hall–Kier alpha value is -2.52. The summed E-state index contributed by atoms with van der Waals surface area (Å²) in [6, 6.07) is 15.1. The lowest BCUT2D eigenvalue weighted by atomic mass is 9.82. The van der Waals surface area contributed by atoms with Crippen LogP contribution < -0.4 is 4.90 Å². The summed E-state index contributed by atoms with van der Waals surface area (Å²) in [4.78, 5) is 2.37. The van der Waals surface area contributed by atoms with Crippen molar-refractivity contribution in [2.45, 2.75) is 19.8 Å². The zero-order valence-electron chi connectivity index (χ0n) is 15.1. The Labute approximate surface area is 153 Å². The van der Waals surface area contributed by atoms with Gasteiger partial charge in [0.15, 0.2) is 0 Å². The van der Waals surface area contributed by atoms with E-state index < -0.39 is 0 Å². The summed E-state index contributed by atoms with van der Waals surface area (Å²) in [5, 5.41) is 12.9. The Bertz CT molecular complexity index is 1000. The third-order valence-electron chi connectivity index (χ3n) is 5.82. The molecule has 0 aromatic heterocycles. The van der Waals surface area contributed by atoms with Gasteiger partial charge >= 0.3 is 0 Å². The van der Waals surface area contributed by atoms with E-state index in [-0.39, 0.29) is 0 Å². The molecular weight excluding hydrogens is 322 g/mol. The molecule has 3 aromatic carbocycles. The lowest BCUT2D eigenvalue weighted by Gasteiger charge is -2.31. The van der Waals surface area contributed by atoms with E-state index in [9.17, 15) is 5.11 Å². The summed E-state index contributed by atoms with van der Waals surface area (Å²) >= 11 is 0. The molecule has 1 aliphatic heterocycles. The van der Waals surface area contributed by atoms with E-state index >= 15 is 0 Å². The van der Waals surface area contributed by atoms with E-state index in [1.54, 1.807) is 0 Å². The molecule has 3 aromatic rings. The van der Waals surface area contributed by atoms with Crippen molar-refractivity contribution in [2.24, 2.45) is 0 Å². The molecule has 0 radical (unpaired) electrons. The smallest absolute Gasteiger partial charge is 0.123 e. The minimum Gasteiger partial charge on any atom is -0.507 e. The largest absolute Gasteiger partial charge is 0.507 e. The molecule has 0 amide bonds. The van der Waals surface area contributed by atoms with Gasteiger partial charge in [-0.05, 0) is 71.2 Å². The van der Waals surface area contributed by atoms with Crippen molar-refractivity contribution in [2.75, 3.05) is 31.2 Å². The van der Waals surface area contributed by atoms with Crippen molar-refractivity contribution in [3.05, 3.63) is 59.2 Å². The molecule has 1 saturated heterocycles. The number of aryl methyl sites for hydroxylation is 3. The fraction of sp³-hybridized carbons (Fsp3) is 0.304. The van der Waals surface area contributed by atoms with Gasteiger partial charge in [-0.3, -0.25) is 0 Å². The minimum atomic E-state index is 0.396. The second-order valence-corrected chi connectivity index (χ2v) is 7.37. The first-order chi connectivity index (χ1) is 12.7. The van der Waals surface area contributed by atoms with Crippen molar-refractivity contribution in [1.29, 1.82) is 0 Å². The number of hydrogen-bond acceptors (Lipinski definition) is 3. The van der Waals surface area contributed by atoms with Gasteiger partial charge in [0, 0.05) is 24.2 Å². The van der Waals surface area contributed by atoms with E-state index in [4.69, 9.17) is 4.74 Å². The maximum atomic E-state index is 10.7. The number of morpholine rings is 1. The standard InChI is InChI=1S/C23H23NO2/c1-15-12-20-19(14-21(15)24-8-10-26-11-9-24)22(25)13-17-7-6-16-4-2-3-5-18(16)23(17)20/h2-5,12-14,25H,6-11H2,1H3. The zero-order valence-corrected chi connectivity index (χ0v) is 15.1. The van der Waals surface area contributed by atoms with Crippen LogP contribution in [-0.2, 0) is 17.6 Å². The summed E-state index contributed by atoms with van der Waals surface area (Å²) in [5.74, 6) is 0.396. The Morgan fingerprint density at radius 2 is 1.69 bits per heavy atom. The topological polar surface area (TPSA) is 32.7 Å². The van der Waals surface area contributed by atoms with Gasteiger partial charge in [-0.2, -0.15) is 0 Å². The summed E-state index contributed by atoms with van der Waals surface area (Å²) in [7, 11) is 0. The summed E-state index contributed by atoms with van der Waals surface area (Å²) < 4.78 is 5.49. The van der Waals surface area contributed by atoms with Gasteiger partial charge in [0.25, 0.3) is 0 Å². The van der Waals surface area contributed by atoms with Gasteiger partial charge in [-0.25, -0.2) is 0 Å². The molecule has 1 fully saturated rings. The molecule has 0 bridgehead atoms. The Balaban J connectivity index is 1.76. The number of hydrogen-bond donors (Lipinski definition) is 1. The number of aromatic hydroxyl groups is 1. The van der Waals surface area contributed by atoms with Gasteiger partial charge in [0.05, 0.1) is 13.2 Å². The highest BCUT2D eigenvalue weighted by Crippen LogP contribution is 2.44. The SMILES string of the molecule is Cc1cc2c3c(cc(O)c2cc1N1CCOCC1)CCc1ccccc1-3. The molecular formula is C23H23NO2. The number of fused-ring (bicyclic) bond motifs is 5. The highest BCUT2D eigenvalue weighted by atomic mass is 16.5. The third kappa shape index (κ3) is 2.38. The van der Waals surface area contributed by atoms with Crippen LogP contribution in [-0.4, -0.2) is 31.4 Å². The van der Waals surface area contributed by atoms with E-state index in [1.165, 1.54) is 38.9 Å². The molecule has 1 N–H and O–H groups in total. The molecule has 0 spiro atoms. The van der Waals surface area contributed by atoms with Gasteiger partial charge in [0.2, 0.25) is 0 Å². The molecule has 1 heterocycles. The van der Waals surface area contributed by atoms with E-state index in [2.05, 4.69) is 48.2 Å². The first-order valence-electron chi connectivity index (χ1n) is 9.42. The fourth-order valence-electron chi connectivity index (χ4n) is 4.51. The zero-order chi connectivity index (χ0) is 17.7. The average molecular weight is 345 g/mol. The molecule has 0 saturated carbocycles. The second-order valence-electron chi connectivity index (χ2n) is 7.37. The van der Waals surface area contributed by atoms with E-state index in [1.807, 2.05) is 6.07 Å². The first kappa shape index (κ1) is 15.7.